The number of nitrogens with two attached hydrogens (primary N) is 1. The van der Waals surface area contributed by atoms with Gasteiger partial charge in [0.05, 0.1) is 0 Å². The summed E-state index contributed by atoms with van der Waals surface area (Å²) in [5, 5.41) is 0. The zero-order valence-electron chi connectivity index (χ0n) is 7.43. The van der Waals surface area contributed by atoms with Gasteiger partial charge in [-0.1, -0.05) is 0 Å². The molecule has 2 rings (SSSR count). The molecule has 0 heterocycles. The van der Waals surface area contributed by atoms with Crippen molar-refractivity contribution in [2.75, 3.05) is 0 Å². The van der Waals surface area contributed by atoms with Crippen molar-refractivity contribution in [1.29, 1.82) is 0 Å². The lowest BCUT2D eigenvalue weighted by Gasteiger charge is -2.10. The number of rotatable bonds is 2. The van der Waals surface area contributed by atoms with Crippen LogP contribution in [0.2, 0.25) is 0 Å². The summed E-state index contributed by atoms with van der Waals surface area (Å²) in [5.74, 6) is -3.48. The molecule has 1 aromatic rings. The number of benzene rings is 1. The molecule has 0 amide bonds. The summed E-state index contributed by atoms with van der Waals surface area (Å²) < 4.78 is 38.2. The Labute approximate surface area is 79.7 Å². The summed E-state index contributed by atoms with van der Waals surface area (Å²) in [6.45, 7) is 0. The molecule has 0 radical (unpaired) electrons. The summed E-state index contributed by atoms with van der Waals surface area (Å²) in [6, 6.07) is 1.57. The van der Waals surface area contributed by atoms with Gasteiger partial charge < -0.3 is 5.73 Å². The first kappa shape index (κ1) is 9.52. The van der Waals surface area contributed by atoms with Gasteiger partial charge in [0.25, 0.3) is 0 Å². The minimum Gasteiger partial charge on any atom is -0.324 e. The zero-order chi connectivity index (χ0) is 10.3. The van der Waals surface area contributed by atoms with E-state index in [2.05, 4.69) is 0 Å². The van der Waals surface area contributed by atoms with Crippen molar-refractivity contribution in [1.82, 2.24) is 0 Å². The lowest BCUT2D eigenvalue weighted by molar-refractivity contribution is 0.442. The third-order valence-electron chi connectivity index (χ3n) is 2.52. The van der Waals surface area contributed by atoms with Crippen LogP contribution in [-0.2, 0) is 0 Å². The highest BCUT2D eigenvalue weighted by Crippen LogP contribution is 2.39. The van der Waals surface area contributed by atoms with E-state index in [0.717, 1.165) is 25.0 Å². The van der Waals surface area contributed by atoms with Crippen LogP contribution in [0.15, 0.2) is 12.1 Å². The maximum absolute atomic E-state index is 12.8. The second-order valence-electron chi connectivity index (χ2n) is 3.66. The molecule has 0 bridgehead atoms. The predicted molar refractivity (Wildman–Crippen MR) is 46.0 cm³/mol. The molecule has 4 heteroatoms. The lowest BCUT2D eigenvalue weighted by Crippen LogP contribution is -2.13. The summed E-state index contributed by atoms with van der Waals surface area (Å²) in [7, 11) is 0. The second-order valence-corrected chi connectivity index (χ2v) is 3.66. The van der Waals surface area contributed by atoms with Crippen molar-refractivity contribution < 1.29 is 13.2 Å². The molecule has 1 nitrogen and oxygen atoms in total. The van der Waals surface area contributed by atoms with Gasteiger partial charge in [0.15, 0.2) is 17.5 Å². The third-order valence-corrected chi connectivity index (χ3v) is 2.52. The Morgan fingerprint density at radius 2 is 1.64 bits per heavy atom. The Kier molecular flexibility index (Phi) is 2.23. The minimum absolute atomic E-state index is 0.291. The third kappa shape index (κ3) is 1.62. The Morgan fingerprint density at radius 3 is 2.07 bits per heavy atom. The van der Waals surface area contributed by atoms with E-state index < -0.39 is 17.5 Å². The predicted octanol–water partition coefficient (Wildman–Crippen LogP) is 2.51. The van der Waals surface area contributed by atoms with Gasteiger partial charge in [-0.15, -0.1) is 0 Å². The molecule has 1 saturated carbocycles. The molecule has 0 aliphatic heterocycles. The summed E-state index contributed by atoms with van der Waals surface area (Å²) in [5.41, 5.74) is 6.07. The minimum atomic E-state index is -1.43. The van der Waals surface area contributed by atoms with Gasteiger partial charge in [-0.25, -0.2) is 13.2 Å². The maximum atomic E-state index is 12.8. The van der Waals surface area contributed by atoms with E-state index in [1.54, 1.807) is 0 Å². The van der Waals surface area contributed by atoms with Crippen molar-refractivity contribution in [2.24, 2.45) is 11.7 Å². The Morgan fingerprint density at radius 1 is 1.14 bits per heavy atom. The standard InChI is InChI=1S/C10H10F3N/c11-7-3-6(4-8(12)9(7)13)10(14)5-1-2-5/h3-5,10H,1-2,14H2. The van der Waals surface area contributed by atoms with Crippen molar-refractivity contribution in [3.05, 3.63) is 35.1 Å². The number of hydrogen-bond donors (Lipinski definition) is 1. The fourth-order valence-electron chi connectivity index (χ4n) is 1.50. The van der Waals surface area contributed by atoms with E-state index in [9.17, 15) is 13.2 Å². The van der Waals surface area contributed by atoms with E-state index in [4.69, 9.17) is 5.73 Å². The monoisotopic (exact) mass is 201 g/mol. The van der Waals surface area contributed by atoms with Gasteiger partial charge in [-0.05, 0) is 36.5 Å². The molecule has 1 fully saturated rings. The SMILES string of the molecule is NC(c1cc(F)c(F)c(F)c1)C1CC1. The van der Waals surface area contributed by atoms with Crippen molar-refractivity contribution in [3.63, 3.8) is 0 Å². The average Bonchev–Trinajstić information content (AvgIpc) is 2.95. The van der Waals surface area contributed by atoms with Gasteiger partial charge >= 0.3 is 0 Å². The summed E-state index contributed by atoms with van der Waals surface area (Å²) >= 11 is 0. The molecule has 0 spiro atoms. The summed E-state index contributed by atoms with van der Waals surface area (Å²) in [6.07, 6.45) is 1.95. The van der Waals surface area contributed by atoms with Gasteiger partial charge in [0, 0.05) is 6.04 Å². The fraction of sp³-hybridized carbons (Fsp3) is 0.400. The molecule has 0 saturated heterocycles. The van der Waals surface area contributed by atoms with E-state index in [0.29, 0.717) is 11.5 Å². The van der Waals surface area contributed by atoms with Crippen LogP contribution < -0.4 is 5.73 Å². The van der Waals surface area contributed by atoms with E-state index >= 15 is 0 Å². The van der Waals surface area contributed by atoms with Gasteiger partial charge in [0.1, 0.15) is 0 Å². The molecule has 1 unspecified atom stereocenters. The smallest absolute Gasteiger partial charge is 0.194 e. The van der Waals surface area contributed by atoms with Crippen molar-refractivity contribution in [2.45, 2.75) is 18.9 Å². The van der Waals surface area contributed by atoms with Crippen LogP contribution in [0.4, 0.5) is 13.2 Å². The average molecular weight is 201 g/mol. The fourth-order valence-corrected chi connectivity index (χ4v) is 1.50. The van der Waals surface area contributed by atoms with Crippen LogP contribution >= 0.6 is 0 Å². The highest BCUT2D eigenvalue weighted by Gasteiger charge is 2.30. The molecular weight excluding hydrogens is 191 g/mol. The molecular formula is C10H10F3N. The lowest BCUT2D eigenvalue weighted by atomic mass is 10.0. The Hall–Kier alpha value is -1.03. The topological polar surface area (TPSA) is 26.0 Å². The van der Waals surface area contributed by atoms with E-state index in [-0.39, 0.29) is 6.04 Å². The van der Waals surface area contributed by atoms with Gasteiger partial charge in [-0.3, -0.25) is 0 Å². The first-order valence-corrected chi connectivity index (χ1v) is 4.49. The van der Waals surface area contributed by atoms with Crippen LogP contribution in [0.25, 0.3) is 0 Å². The van der Waals surface area contributed by atoms with Crippen LogP contribution in [0.3, 0.4) is 0 Å². The first-order valence-electron chi connectivity index (χ1n) is 4.49. The largest absolute Gasteiger partial charge is 0.324 e. The zero-order valence-corrected chi connectivity index (χ0v) is 7.43. The van der Waals surface area contributed by atoms with Crippen LogP contribution in [-0.4, -0.2) is 0 Å². The van der Waals surface area contributed by atoms with Crippen molar-refractivity contribution >= 4 is 0 Å². The highest BCUT2D eigenvalue weighted by molar-refractivity contribution is 5.23. The van der Waals surface area contributed by atoms with Crippen LogP contribution in [0, 0.1) is 23.4 Å². The van der Waals surface area contributed by atoms with Gasteiger partial charge in [-0.2, -0.15) is 0 Å². The quantitative estimate of drug-likeness (QED) is 0.731. The normalized spacial score (nSPS) is 18.3. The summed E-state index contributed by atoms with van der Waals surface area (Å²) in [4.78, 5) is 0. The van der Waals surface area contributed by atoms with E-state index in [1.165, 1.54) is 0 Å². The van der Waals surface area contributed by atoms with Crippen LogP contribution in [0.1, 0.15) is 24.4 Å². The Balaban J connectivity index is 2.34. The van der Waals surface area contributed by atoms with Crippen molar-refractivity contribution in [3.8, 4) is 0 Å². The first-order chi connectivity index (χ1) is 6.59. The highest BCUT2D eigenvalue weighted by atomic mass is 19.2. The Bertz CT molecular complexity index is 337. The van der Waals surface area contributed by atoms with Crippen LogP contribution in [0.5, 0.6) is 0 Å². The molecule has 1 aromatic carbocycles. The second kappa shape index (κ2) is 3.28. The molecule has 2 N–H and O–H groups in total. The number of halogens is 3. The maximum Gasteiger partial charge on any atom is 0.194 e. The molecule has 1 aliphatic carbocycles. The van der Waals surface area contributed by atoms with Gasteiger partial charge in [0.2, 0.25) is 0 Å². The molecule has 0 aromatic heterocycles. The molecule has 76 valence electrons. The van der Waals surface area contributed by atoms with E-state index in [1.807, 2.05) is 0 Å². The number of hydrogen-bond acceptors (Lipinski definition) is 1. The molecule has 1 aliphatic rings. The molecule has 14 heavy (non-hydrogen) atoms. The molecule has 1 atom stereocenters.